The summed E-state index contributed by atoms with van der Waals surface area (Å²) in [6, 6.07) is 8.61. The van der Waals surface area contributed by atoms with Gasteiger partial charge in [0, 0.05) is 57.3 Å². The summed E-state index contributed by atoms with van der Waals surface area (Å²) >= 11 is 0. The van der Waals surface area contributed by atoms with Crippen molar-refractivity contribution in [1.82, 2.24) is 25.5 Å². The van der Waals surface area contributed by atoms with Gasteiger partial charge >= 0.3 is 0 Å². The Labute approximate surface area is 228 Å². The number of hydrogen-bond donors (Lipinski definition) is 3. The van der Waals surface area contributed by atoms with Crippen molar-refractivity contribution in [3.63, 3.8) is 0 Å². The summed E-state index contributed by atoms with van der Waals surface area (Å²) in [6.07, 6.45) is 10.1. The van der Waals surface area contributed by atoms with E-state index in [1.165, 1.54) is 42.5 Å². The number of nitrogens with zero attached hydrogens (tertiary/aromatic N) is 4. The summed E-state index contributed by atoms with van der Waals surface area (Å²) in [5, 5.41) is 7.33. The van der Waals surface area contributed by atoms with Crippen LogP contribution >= 0.6 is 0 Å². The van der Waals surface area contributed by atoms with Gasteiger partial charge in [0.2, 0.25) is 0 Å². The molecule has 2 atom stereocenters. The highest BCUT2D eigenvalue weighted by atomic mass is 16.5. The molecule has 1 saturated heterocycles. The molecule has 0 amide bonds. The standard InChI is InChI=1S/C30H47N7O/c1-36(2)17-8-20-38-24-12-10-23(11-13-24)21-33-27-9-7-15-30(27,31)29-34-26-14-16-32-22-25(26)28(35-29)37-18-5-3-4-6-19-37/h10-13,27,32-33H,3-9,14-22,31H2,1-2H3. The Morgan fingerprint density at radius 2 is 1.89 bits per heavy atom. The second-order valence-corrected chi connectivity index (χ2v) is 11.6. The summed E-state index contributed by atoms with van der Waals surface area (Å²) in [7, 11) is 4.18. The van der Waals surface area contributed by atoms with Gasteiger partial charge in [-0.05, 0) is 70.3 Å². The predicted octanol–water partition coefficient (Wildman–Crippen LogP) is 3.33. The van der Waals surface area contributed by atoms with Crippen LogP contribution in [0.5, 0.6) is 5.75 Å². The number of nitrogens with one attached hydrogen (secondary N) is 2. The lowest BCUT2D eigenvalue weighted by Crippen LogP contribution is -2.52. The summed E-state index contributed by atoms with van der Waals surface area (Å²) in [5.74, 6) is 2.91. The maximum Gasteiger partial charge on any atom is 0.152 e. The van der Waals surface area contributed by atoms with E-state index in [9.17, 15) is 0 Å². The van der Waals surface area contributed by atoms with Gasteiger partial charge in [0.1, 0.15) is 11.6 Å². The van der Waals surface area contributed by atoms with Crippen LogP contribution in [0.25, 0.3) is 0 Å². The zero-order chi connectivity index (χ0) is 26.4. The SMILES string of the molecule is CN(C)CCCOc1ccc(CNC2CCCC2(N)c2nc3c(c(N4CCCCCC4)n2)CNCC3)cc1. The molecule has 0 radical (unpaired) electrons. The van der Waals surface area contributed by atoms with E-state index in [-0.39, 0.29) is 6.04 Å². The molecule has 1 aliphatic carbocycles. The molecule has 1 aromatic carbocycles. The average molecular weight is 522 g/mol. The van der Waals surface area contributed by atoms with E-state index in [1.54, 1.807) is 0 Å². The first-order valence-corrected chi connectivity index (χ1v) is 14.8. The molecule has 8 heteroatoms. The molecule has 0 bridgehead atoms. The van der Waals surface area contributed by atoms with Gasteiger partial charge < -0.3 is 30.9 Å². The molecule has 3 heterocycles. The summed E-state index contributed by atoms with van der Waals surface area (Å²) in [4.78, 5) is 15.1. The van der Waals surface area contributed by atoms with E-state index in [0.717, 1.165) is 95.4 Å². The number of hydrogen-bond acceptors (Lipinski definition) is 8. The van der Waals surface area contributed by atoms with E-state index in [4.69, 9.17) is 20.4 Å². The molecular weight excluding hydrogens is 474 g/mol. The molecule has 1 aromatic heterocycles. The van der Waals surface area contributed by atoms with Crippen LogP contribution in [-0.2, 0) is 25.0 Å². The van der Waals surface area contributed by atoms with Gasteiger partial charge in [-0.25, -0.2) is 9.97 Å². The third-order valence-electron chi connectivity index (χ3n) is 8.43. The number of ether oxygens (including phenoxy) is 1. The van der Waals surface area contributed by atoms with Gasteiger partial charge in [0.05, 0.1) is 17.8 Å². The third kappa shape index (κ3) is 6.47. The number of rotatable bonds is 10. The van der Waals surface area contributed by atoms with Crippen LogP contribution < -0.4 is 26.0 Å². The first kappa shape index (κ1) is 27.3. The Bertz CT molecular complexity index is 1040. The Hall–Kier alpha value is -2.26. The Balaban J connectivity index is 1.27. The van der Waals surface area contributed by atoms with Crippen LogP contribution in [0.15, 0.2) is 24.3 Å². The fourth-order valence-electron chi connectivity index (χ4n) is 6.18. The second kappa shape index (κ2) is 12.7. The van der Waals surface area contributed by atoms with Crippen molar-refractivity contribution in [2.24, 2.45) is 5.73 Å². The van der Waals surface area contributed by atoms with Crippen LogP contribution in [0.3, 0.4) is 0 Å². The van der Waals surface area contributed by atoms with Gasteiger partial charge in [-0.15, -0.1) is 0 Å². The zero-order valence-corrected chi connectivity index (χ0v) is 23.5. The van der Waals surface area contributed by atoms with Gasteiger partial charge in [0.15, 0.2) is 5.82 Å². The highest BCUT2D eigenvalue weighted by Crippen LogP contribution is 2.37. The lowest BCUT2D eigenvalue weighted by molar-refractivity contribution is 0.281. The summed E-state index contributed by atoms with van der Waals surface area (Å²) < 4.78 is 5.90. The van der Waals surface area contributed by atoms with Crippen molar-refractivity contribution in [1.29, 1.82) is 0 Å². The Morgan fingerprint density at radius 3 is 2.66 bits per heavy atom. The summed E-state index contributed by atoms with van der Waals surface area (Å²) in [5.41, 5.74) is 10.4. The zero-order valence-electron chi connectivity index (χ0n) is 23.5. The van der Waals surface area contributed by atoms with Gasteiger partial charge in [0.25, 0.3) is 0 Å². The lowest BCUT2D eigenvalue weighted by atomic mass is 9.92. The topological polar surface area (TPSA) is 91.6 Å². The highest BCUT2D eigenvalue weighted by molar-refractivity contribution is 5.51. The minimum atomic E-state index is -0.546. The van der Waals surface area contributed by atoms with Crippen LogP contribution in [-0.4, -0.2) is 67.8 Å². The van der Waals surface area contributed by atoms with E-state index in [0.29, 0.717) is 0 Å². The first-order chi connectivity index (χ1) is 18.5. The first-order valence-electron chi connectivity index (χ1n) is 14.8. The van der Waals surface area contributed by atoms with Crippen LogP contribution in [0.1, 0.15) is 74.0 Å². The van der Waals surface area contributed by atoms with E-state index in [1.807, 2.05) is 0 Å². The molecule has 5 rings (SSSR count). The van der Waals surface area contributed by atoms with Gasteiger partial charge in [-0.1, -0.05) is 25.0 Å². The van der Waals surface area contributed by atoms with Crippen molar-refractivity contribution < 1.29 is 4.74 Å². The molecule has 8 nitrogen and oxygen atoms in total. The Morgan fingerprint density at radius 1 is 1.11 bits per heavy atom. The minimum Gasteiger partial charge on any atom is -0.494 e. The monoisotopic (exact) mass is 521 g/mol. The maximum absolute atomic E-state index is 7.22. The molecule has 2 unspecified atom stereocenters. The van der Waals surface area contributed by atoms with Crippen LogP contribution in [0, 0.1) is 0 Å². The third-order valence-corrected chi connectivity index (χ3v) is 8.43. The van der Waals surface area contributed by atoms with Gasteiger partial charge in [-0.3, -0.25) is 0 Å². The average Bonchev–Trinajstić information content (AvgIpc) is 3.12. The molecule has 208 valence electrons. The van der Waals surface area contributed by atoms with Crippen LogP contribution in [0.4, 0.5) is 5.82 Å². The quantitative estimate of drug-likeness (QED) is 0.410. The molecule has 2 fully saturated rings. The van der Waals surface area contributed by atoms with Crippen molar-refractivity contribution >= 4 is 5.82 Å². The van der Waals surface area contributed by atoms with Crippen molar-refractivity contribution in [3.8, 4) is 5.75 Å². The van der Waals surface area contributed by atoms with E-state index >= 15 is 0 Å². The molecule has 38 heavy (non-hydrogen) atoms. The normalized spacial score (nSPS) is 23.9. The number of fused-ring (bicyclic) bond motifs is 1. The van der Waals surface area contributed by atoms with Crippen molar-refractivity contribution in [3.05, 3.63) is 46.9 Å². The molecule has 2 aliphatic heterocycles. The van der Waals surface area contributed by atoms with Crippen LogP contribution in [0.2, 0.25) is 0 Å². The lowest BCUT2D eigenvalue weighted by Gasteiger charge is -2.34. The fraction of sp³-hybridized carbons (Fsp3) is 0.667. The molecule has 0 spiro atoms. The predicted molar refractivity (Wildman–Crippen MR) is 154 cm³/mol. The highest BCUT2D eigenvalue weighted by Gasteiger charge is 2.44. The number of benzene rings is 1. The number of nitrogens with two attached hydrogens (primary N) is 1. The largest absolute Gasteiger partial charge is 0.494 e. The fourth-order valence-corrected chi connectivity index (χ4v) is 6.18. The van der Waals surface area contributed by atoms with Gasteiger partial charge in [-0.2, -0.15) is 0 Å². The molecule has 4 N–H and O–H groups in total. The summed E-state index contributed by atoms with van der Waals surface area (Å²) in [6.45, 7) is 6.54. The second-order valence-electron chi connectivity index (χ2n) is 11.6. The molecule has 1 saturated carbocycles. The smallest absolute Gasteiger partial charge is 0.152 e. The number of aromatic nitrogens is 2. The van der Waals surface area contributed by atoms with Crippen molar-refractivity contribution in [2.45, 2.75) is 82.5 Å². The van der Waals surface area contributed by atoms with Crippen molar-refractivity contribution in [2.75, 3.05) is 51.8 Å². The number of anilines is 1. The Kier molecular flexibility index (Phi) is 9.15. The van der Waals surface area contributed by atoms with E-state index in [2.05, 4.69) is 58.8 Å². The minimum absolute atomic E-state index is 0.154. The maximum atomic E-state index is 7.22. The molecule has 2 aromatic rings. The van der Waals surface area contributed by atoms with E-state index < -0.39 is 5.54 Å². The molecule has 3 aliphatic rings. The molecular formula is C30H47N7O.